The fraction of sp³-hybridized carbons (Fsp3) is 0.263. The lowest BCUT2D eigenvalue weighted by Gasteiger charge is -2.06. The molecule has 0 aliphatic rings. The van der Waals surface area contributed by atoms with Gasteiger partial charge in [0, 0.05) is 58.9 Å². The molecule has 3 N–H and O–H groups in total. The van der Waals surface area contributed by atoms with Crippen molar-refractivity contribution in [3.05, 3.63) is 48.2 Å². The molecular weight excluding hydrogens is 404 g/mol. The number of aromatic nitrogens is 5. The topological polar surface area (TPSA) is 145 Å². The molecule has 3 amide bonds. The van der Waals surface area contributed by atoms with Crippen molar-refractivity contribution in [2.45, 2.75) is 6.42 Å². The summed E-state index contributed by atoms with van der Waals surface area (Å²) in [6.07, 6.45) is 6.90. The van der Waals surface area contributed by atoms with Crippen LogP contribution in [0, 0.1) is 0 Å². The Labute approximate surface area is 177 Å². The molecule has 12 nitrogen and oxygen atoms in total. The zero-order valence-corrected chi connectivity index (χ0v) is 17.2. The van der Waals surface area contributed by atoms with Gasteiger partial charge in [-0.2, -0.15) is 0 Å². The van der Waals surface area contributed by atoms with Gasteiger partial charge >= 0.3 is 0 Å². The number of aldehydes is 1. The van der Waals surface area contributed by atoms with E-state index >= 15 is 0 Å². The molecule has 0 aliphatic heterocycles. The van der Waals surface area contributed by atoms with Crippen molar-refractivity contribution in [2.75, 3.05) is 17.2 Å². The smallest absolute Gasteiger partial charge is 0.291 e. The first-order valence-electron chi connectivity index (χ1n) is 9.30. The average Bonchev–Trinajstić information content (AvgIpc) is 3.40. The fourth-order valence-corrected chi connectivity index (χ4v) is 2.87. The van der Waals surface area contributed by atoms with Crippen LogP contribution >= 0.6 is 0 Å². The number of rotatable bonds is 8. The number of carbonyl (C=O) groups is 4. The second-order valence-corrected chi connectivity index (χ2v) is 6.81. The summed E-state index contributed by atoms with van der Waals surface area (Å²) in [6, 6.07) is 1.53. The molecule has 3 heterocycles. The van der Waals surface area contributed by atoms with Gasteiger partial charge in [0.1, 0.15) is 5.69 Å². The minimum absolute atomic E-state index is 0.0198. The molecule has 31 heavy (non-hydrogen) atoms. The minimum Gasteiger partial charge on any atom is -0.350 e. The van der Waals surface area contributed by atoms with Gasteiger partial charge in [0.25, 0.3) is 11.8 Å². The van der Waals surface area contributed by atoms with Crippen LogP contribution in [0.3, 0.4) is 0 Å². The van der Waals surface area contributed by atoms with Gasteiger partial charge < -0.3 is 29.7 Å². The number of nitrogens with zero attached hydrogens (tertiary/aromatic N) is 5. The third-order valence-corrected chi connectivity index (χ3v) is 4.44. The first-order valence-corrected chi connectivity index (χ1v) is 9.30. The van der Waals surface area contributed by atoms with Crippen molar-refractivity contribution in [2.24, 2.45) is 21.1 Å². The largest absolute Gasteiger partial charge is 0.350 e. The lowest BCUT2D eigenvalue weighted by molar-refractivity contribution is -0.116. The predicted octanol–water partition coefficient (Wildman–Crippen LogP) is 0.316. The molecule has 162 valence electrons. The Bertz CT molecular complexity index is 1140. The Hall–Kier alpha value is -4.22. The molecule has 0 aliphatic carbocycles. The normalized spacial score (nSPS) is 10.5. The number of anilines is 2. The Kier molecular flexibility index (Phi) is 6.29. The van der Waals surface area contributed by atoms with E-state index in [4.69, 9.17) is 0 Å². The van der Waals surface area contributed by atoms with Gasteiger partial charge in [-0.1, -0.05) is 0 Å². The molecule has 0 radical (unpaired) electrons. The van der Waals surface area contributed by atoms with Crippen LogP contribution in [-0.4, -0.2) is 54.2 Å². The quantitative estimate of drug-likeness (QED) is 0.442. The van der Waals surface area contributed by atoms with Crippen LogP contribution in [0.4, 0.5) is 11.5 Å². The van der Waals surface area contributed by atoms with Crippen molar-refractivity contribution in [1.29, 1.82) is 0 Å². The van der Waals surface area contributed by atoms with E-state index < -0.39 is 11.8 Å². The highest BCUT2D eigenvalue weighted by Gasteiger charge is 2.16. The summed E-state index contributed by atoms with van der Waals surface area (Å²) in [5.41, 5.74) is 0.760. The molecule has 0 saturated heterocycles. The maximum Gasteiger partial charge on any atom is 0.291 e. The Morgan fingerprint density at radius 2 is 1.81 bits per heavy atom. The zero-order chi connectivity index (χ0) is 22.5. The van der Waals surface area contributed by atoms with Crippen molar-refractivity contribution >= 4 is 35.5 Å². The van der Waals surface area contributed by atoms with Gasteiger partial charge in [0.2, 0.25) is 5.91 Å². The molecule has 3 aromatic heterocycles. The Morgan fingerprint density at radius 1 is 1.03 bits per heavy atom. The molecule has 0 saturated carbocycles. The number of amides is 3. The fourth-order valence-electron chi connectivity index (χ4n) is 2.87. The average molecular weight is 426 g/mol. The van der Waals surface area contributed by atoms with E-state index in [1.54, 1.807) is 42.7 Å². The van der Waals surface area contributed by atoms with Gasteiger partial charge in [-0.25, -0.2) is 9.97 Å². The highest BCUT2D eigenvalue weighted by molar-refractivity contribution is 6.03. The monoisotopic (exact) mass is 426 g/mol. The van der Waals surface area contributed by atoms with Crippen LogP contribution in [0.15, 0.2) is 30.9 Å². The van der Waals surface area contributed by atoms with Gasteiger partial charge in [0.15, 0.2) is 23.8 Å². The van der Waals surface area contributed by atoms with Crippen LogP contribution in [0.1, 0.15) is 38.1 Å². The first-order chi connectivity index (χ1) is 14.8. The van der Waals surface area contributed by atoms with Crippen molar-refractivity contribution in [3.8, 4) is 0 Å². The molecule has 0 fully saturated rings. The van der Waals surface area contributed by atoms with Gasteiger partial charge in [-0.3, -0.25) is 19.2 Å². The standard InChI is InChI=1S/C19H22N8O4/c1-25-7-6-20-17(25)19(31)22-12-8-13(26(2)9-12)18(30)21-5-4-16(29)24-14-10-27(3)15(11-28)23-14/h6-11H,4-5H2,1-3H3,(H,21,30)(H,22,31)(H,24,29). The third-order valence-electron chi connectivity index (χ3n) is 4.44. The molecule has 0 bridgehead atoms. The maximum atomic E-state index is 12.4. The summed E-state index contributed by atoms with van der Waals surface area (Å²) in [6.45, 7) is 0.0954. The maximum absolute atomic E-state index is 12.4. The van der Waals surface area contributed by atoms with E-state index in [9.17, 15) is 19.2 Å². The Balaban J connectivity index is 1.51. The molecule has 0 atom stereocenters. The molecule has 3 aromatic rings. The summed E-state index contributed by atoms with van der Waals surface area (Å²) in [5.74, 6) is -0.447. The molecule has 12 heteroatoms. The lowest BCUT2D eigenvalue weighted by atomic mass is 10.3. The highest BCUT2D eigenvalue weighted by Crippen LogP contribution is 2.14. The molecule has 0 spiro atoms. The van der Waals surface area contributed by atoms with E-state index in [2.05, 4.69) is 25.9 Å². The number of nitrogens with one attached hydrogen (secondary N) is 3. The lowest BCUT2D eigenvalue weighted by Crippen LogP contribution is -2.29. The number of aryl methyl sites for hydroxylation is 3. The van der Waals surface area contributed by atoms with Crippen LogP contribution in [-0.2, 0) is 25.9 Å². The number of hydrogen-bond donors (Lipinski definition) is 3. The number of imidazole rings is 2. The molecule has 3 rings (SSSR count). The molecule has 0 aromatic carbocycles. The first kappa shape index (κ1) is 21.5. The summed E-state index contributed by atoms with van der Waals surface area (Å²) in [4.78, 5) is 55.4. The molecule has 0 unspecified atom stereocenters. The minimum atomic E-state index is -0.395. The van der Waals surface area contributed by atoms with E-state index in [0.29, 0.717) is 17.7 Å². The van der Waals surface area contributed by atoms with Crippen LogP contribution in [0.2, 0.25) is 0 Å². The van der Waals surface area contributed by atoms with Gasteiger partial charge in [-0.15, -0.1) is 0 Å². The predicted molar refractivity (Wildman–Crippen MR) is 111 cm³/mol. The van der Waals surface area contributed by atoms with Crippen molar-refractivity contribution < 1.29 is 19.2 Å². The highest BCUT2D eigenvalue weighted by atomic mass is 16.2. The van der Waals surface area contributed by atoms with Crippen molar-refractivity contribution in [1.82, 2.24) is 29.0 Å². The zero-order valence-electron chi connectivity index (χ0n) is 17.2. The van der Waals surface area contributed by atoms with E-state index in [1.807, 2.05) is 0 Å². The second kappa shape index (κ2) is 9.07. The summed E-state index contributed by atoms with van der Waals surface area (Å²) < 4.78 is 4.64. The van der Waals surface area contributed by atoms with Crippen molar-refractivity contribution in [3.63, 3.8) is 0 Å². The van der Waals surface area contributed by atoms with Gasteiger partial charge in [0.05, 0.1) is 5.69 Å². The van der Waals surface area contributed by atoms with Crippen LogP contribution in [0.5, 0.6) is 0 Å². The van der Waals surface area contributed by atoms with Crippen LogP contribution in [0.25, 0.3) is 0 Å². The summed E-state index contributed by atoms with van der Waals surface area (Å²) in [5, 5.41) is 7.91. The third kappa shape index (κ3) is 5.04. The van der Waals surface area contributed by atoms with Crippen LogP contribution < -0.4 is 16.0 Å². The Morgan fingerprint density at radius 3 is 2.45 bits per heavy atom. The number of hydrogen-bond acceptors (Lipinski definition) is 6. The number of carbonyl (C=O) groups excluding carboxylic acids is 4. The second-order valence-electron chi connectivity index (χ2n) is 6.81. The van der Waals surface area contributed by atoms with Gasteiger partial charge in [-0.05, 0) is 6.07 Å². The summed E-state index contributed by atoms with van der Waals surface area (Å²) >= 11 is 0. The van der Waals surface area contributed by atoms with E-state index in [0.717, 1.165) is 0 Å². The molecular formula is C19H22N8O4. The summed E-state index contributed by atoms with van der Waals surface area (Å²) in [7, 11) is 5.01. The SMILES string of the molecule is Cn1cc(NC(=O)c2nccn2C)cc1C(=O)NCCC(=O)Nc1cn(C)c(C=O)n1. The van der Waals surface area contributed by atoms with E-state index in [1.165, 1.54) is 23.0 Å². The van der Waals surface area contributed by atoms with E-state index in [-0.39, 0.29) is 36.3 Å².